The van der Waals surface area contributed by atoms with Gasteiger partial charge in [0, 0.05) is 23.9 Å². The lowest BCUT2D eigenvalue weighted by molar-refractivity contribution is -0.154. The Bertz CT molecular complexity index is 945. The Balaban J connectivity index is 1.62. The van der Waals surface area contributed by atoms with Gasteiger partial charge in [-0.15, -0.1) is 0 Å². The van der Waals surface area contributed by atoms with Crippen LogP contribution < -0.4 is 10.1 Å². The number of carbonyl (C=O) groups is 2. The number of nitrogens with zero attached hydrogens (tertiary/aromatic N) is 3. The van der Waals surface area contributed by atoms with Gasteiger partial charge in [0.05, 0.1) is 12.5 Å². The van der Waals surface area contributed by atoms with Gasteiger partial charge in [-0.2, -0.15) is 13.2 Å². The molecule has 1 fully saturated rings. The molecule has 0 radical (unpaired) electrons. The smallest absolute Gasteiger partial charge is 0.422 e. The molecular formula is C20H21F3N4O3. The largest absolute Gasteiger partial charge is 0.468 e. The summed E-state index contributed by atoms with van der Waals surface area (Å²) in [6, 6.07) is 2.57. The summed E-state index contributed by atoms with van der Waals surface area (Å²) in [4.78, 5) is 36.6. The highest BCUT2D eigenvalue weighted by Gasteiger charge is 2.30. The summed E-state index contributed by atoms with van der Waals surface area (Å²) in [6.07, 6.45) is 0.218. The van der Waals surface area contributed by atoms with E-state index in [0.717, 1.165) is 12.8 Å². The molecule has 1 saturated carbocycles. The number of halogens is 3. The average Bonchev–Trinajstić information content (AvgIpc) is 3.51. The van der Waals surface area contributed by atoms with E-state index in [2.05, 4.69) is 25.0 Å². The van der Waals surface area contributed by atoms with Crippen molar-refractivity contribution < 1.29 is 27.5 Å². The third-order valence-electron chi connectivity index (χ3n) is 4.57. The highest BCUT2D eigenvalue weighted by atomic mass is 19.4. The number of alkyl halides is 3. The van der Waals surface area contributed by atoms with Gasteiger partial charge in [0.25, 0.3) is 5.91 Å². The Kier molecular flexibility index (Phi) is 6.33. The average molecular weight is 422 g/mol. The third kappa shape index (κ3) is 5.98. The van der Waals surface area contributed by atoms with Gasteiger partial charge in [0.15, 0.2) is 6.61 Å². The van der Waals surface area contributed by atoms with E-state index in [0.29, 0.717) is 17.0 Å². The summed E-state index contributed by atoms with van der Waals surface area (Å²) in [5, 5.41) is 2.76. The van der Waals surface area contributed by atoms with Gasteiger partial charge in [-0.3, -0.25) is 9.59 Å². The van der Waals surface area contributed by atoms with Crippen LogP contribution >= 0.6 is 0 Å². The van der Waals surface area contributed by atoms with E-state index in [1.54, 1.807) is 19.9 Å². The normalized spacial score (nSPS) is 14.8. The second-order valence-electron chi connectivity index (χ2n) is 7.27. The molecule has 2 aromatic heterocycles. The molecule has 1 aliphatic carbocycles. The molecule has 0 spiro atoms. The van der Waals surface area contributed by atoms with Gasteiger partial charge >= 0.3 is 6.18 Å². The highest BCUT2D eigenvalue weighted by molar-refractivity contribution is 5.92. The van der Waals surface area contributed by atoms with Crippen LogP contribution in [0.4, 0.5) is 13.2 Å². The predicted molar refractivity (Wildman–Crippen MR) is 99.9 cm³/mol. The number of aryl methyl sites for hydroxylation is 1. The lowest BCUT2D eigenvalue weighted by atomic mass is 10.1. The highest BCUT2D eigenvalue weighted by Crippen LogP contribution is 2.30. The van der Waals surface area contributed by atoms with Gasteiger partial charge in [-0.25, -0.2) is 15.0 Å². The molecule has 3 rings (SSSR count). The topological polar surface area (TPSA) is 94.1 Å². The second kappa shape index (κ2) is 8.76. The van der Waals surface area contributed by atoms with Gasteiger partial charge < -0.3 is 10.1 Å². The molecule has 10 heteroatoms. The molecule has 30 heavy (non-hydrogen) atoms. The summed E-state index contributed by atoms with van der Waals surface area (Å²) >= 11 is 0. The van der Waals surface area contributed by atoms with E-state index in [1.165, 1.54) is 18.5 Å². The SMILES string of the molecule is Cc1cc(C(C)NC(=O)c2ccnc(CC(=O)C3CC3)n2)cnc1OCC(F)(F)F. The van der Waals surface area contributed by atoms with Crippen molar-refractivity contribution in [2.75, 3.05) is 6.61 Å². The number of ether oxygens (including phenoxy) is 1. The van der Waals surface area contributed by atoms with Gasteiger partial charge in [0.1, 0.15) is 17.3 Å². The summed E-state index contributed by atoms with van der Waals surface area (Å²) in [5.41, 5.74) is 1.14. The number of carbonyl (C=O) groups excluding carboxylic acids is 2. The molecule has 0 saturated heterocycles. The molecule has 1 amide bonds. The van der Waals surface area contributed by atoms with Crippen LogP contribution in [0.3, 0.4) is 0 Å². The van der Waals surface area contributed by atoms with Crippen LogP contribution in [0.2, 0.25) is 0 Å². The van der Waals surface area contributed by atoms with Crippen LogP contribution in [0, 0.1) is 12.8 Å². The molecule has 7 nitrogen and oxygen atoms in total. The zero-order valence-corrected chi connectivity index (χ0v) is 16.5. The number of amides is 1. The van der Waals surface area contributed by atoms with Crippen LogP contribution in [-0.2, 0) is 11.2 Å². The van der Waals surface area contributed by atoms with E-state index >= 15 is 0 Å². The maximum absolute atomic E-state index is 12.5. The van der Waals surface area contributed by atoms with Crippen molar-refractivity contribution >= 4 is 11.7 Å². The van der Waals surface area contributed by atoms with Crippen LogP contribution in [0.5, 0.6) is 5.88 Å². The summed E-state index contributed by atoms with van der Waals surface area (Å²) in [6.45, 7) is 1.86. The Hall–Kier alpha value is -3.04. The summed E-state index contributed by atoms with van der Waals surface area (Å²) in [5.74, 6) is -0.105. The summed E-state index contributed by atoms with van der Waals surface area (Å²) < 4.78 is 41.6. The van der Waals surface area contributed by atoms with E-state index in [1.807, 2.05) is 0 Å². The first-order chi connectivity index (χ1) is 14.1. The third-order valence-corrected chi connectivity index (χ3v) is 4.57. The van der Waals surface area contributed by atoms with E-state index in [9.17, 15) is 22.8 Å². The summed E-state index contributed by atoms with van der Waals surface area (Å²) in [7, 11) is 0. The molecule has 2 aromatic rings. The lowest BCUT2D eigenvalue weighted by Gasteiger charge is -2.16. The quantitative estimate of drug-likeness (QED) is 0.703. The zero-order valence-electron chi connectivity index (χ0n) is 16.5. The molecule has 0 bridgehead atoms. The minimum atomic E-state index is -4.45. The van der Waals surface area contributed by atoms with E-state index in [-0.39, 0.29) is 29.7 Å². The van der Waals surface area contributed by atoms with Gasteiger partial charge in [-0.1, -0.05) is 0 Å². The fourth-order valence-corrected chi connectivity index (χ4v) is 2.79. The number of pyridine rings is 1. The van der Waals surface area contributed by atoms with Crippen molar-refractivity contribution in [3.8, 4) is 5.88 Å². The minimum absolute atomic E-state index is 0.0790. The predicted octanol–water partition coefficient (Wildman–Crippen LogP) is 3.13. The number of nitrogens with one attached hydrogen (secondary N) is 1. The van der Waals surface area contributed by atoms with Crippen LogP contribution in [0.1, 0.15) is 53.2 Å². The first-order valence-electron chi connectivity index (χ1n) is 9.44. The zero-order chi connectivity index (χ0) is 21.9. The van der Waals surface area contributed by atoms with Crippen LogP contribution in [0.25, 0.3) is 0 Å². The van der Waals surface area contributed by atoms with Crippen molar-refractivity contribution in [1.29, 1.82) is 0 Å². The maximum atomic E-state index is 12.5. The molecule has 2 heterocycles. The standard InChI is InChI=1S/C20H21F3N4O3/c1-11-7-14(9-25-19(11)30-10-20(21,22)23)12(2)26-18(29)15-5-6-24-17(27-15)8-16(28)13-3-4-13/h5-7,9,12-13H,3-4,8,10H2,1-2H3,(H,26,29). The lowest BCUT2D eigenvalue weighted by Crippen LogP contribution is -2.28. The molecule has 1 unspecified atom stereocenters. The molecule has 0 aromatic carbocycles. The van der Waals surface area contributed by atoms with Crippen LogP contribution in [0.15, 0.2) is 24.5 Å². The van der Waals surface area contributed by atoms with Crippen molar-refractivity contribution in [3.63, 3.8) is 0 Å². The fraction of sp³-hybridized carbons (Fsp3) is 0.450. The maximum Gasteiger partial charge on any atom is 0.422 e. The van der Waals surface area contributed by atoms with Crippen molar-refractivity contribution in [2.45, 2.75) is 45.3 Å². The van der Waals surface area contributed by atoms with Crippen molar-refractivity contribution in [1.82, 2.24) is 20.3 Å². The second-order valence-corrected chi connectivity index (χ2v) is 7.27. The Morgan fingerprint density at radius 1 is 1.30 bits per heavy atom. The monoisotopic (exact) mass is 422 g/mol. The number of ketones is 1. The first kappa shape index (κ1) is 21.7. The molecule has 1 N–H and O–H groups in total. The van der Waals surface area contributed by atoms with Gasteiger partial charge in [-0.05, 0) is 44.4 Å². The molecular weight excluding hydrogens is 401 g/mol. The van der Waals surface area contributed by atoms with Gasteiger partial charge in [0.2, 0.25) is 5.88 Å². The number of rotatable bonds is 8. The van der Waals surface area contributed by atoms with Crippen molar-refractivity contribution in [2.24, 2.45) is 5.92 Å². The molecule has 0 aliphatic heterocycles. The Morgan fingerprint density at radius 3 is 2.67 bits per heavy atom. The van der Waals surface area contributed by atoms with E-state index < -0.39 is 24.7 Å². The van der Waals surface area contributed by atoms with Crippen LogP contribution in [-0.4, -0.2) is 39.4 Å². The number of hydrogen-bond donors (Lipinski definition) is 1. The Morgan fingerprint density at radius 2 is 2.03 bits per heavy atom. The first-order valence-corrected chi connectivity index (χ1v) is 9.44. The van der Waals surface area contributed by atoms with Crippen molar-refractivity contribution in [3.05, 3.63) is 47.2 Å². The number of hydrogen-bond acceptors (Lipinski definition) is 6. The minimum Gasteiger partial charge on any atom is -0.468 e. The fourth-order valence-electron chi connectivity index (χ4n) is 2.79. The Labute approximate surface area is 171 Å². The number of Topliss-reactive ketones (excluding diaryl/α,β-unsaturated/α-hetero) is 1. The molecule has 160 valence electrons. The molecule has 1 aliphatic rings. The number of aromatic nitrogens is 3. The van der Waals surface area contributed by atoms with E-state index in [4.69, 9.17) is 0 Å². The molecule has 1 atom stereocenters.